The highest BCUT2D eigenvalue weighted by atomic mass is 35.5. The van der Waals surface area contributed by atoms with Crippen LogP contribution in [-0.4, -0.2) is 25.4 Å². The molecule has 0 bridgehead atoms. The first kappa shape index (κ1) is 15.0. The molecule has 2 rings (SSSR count). The van der Waals surface area contributed by atoms with Crippen LogP contribution in [0.3, 0.4) is 0 Å². The number of nitrogens with zero attached hydrogens (tertiary/aromatic N) is 2. The van der Waals surface area contributed by atoms with Crippen molar-refractivity contribution in [2.75, 3.05) is 12.4 Å². The number of nitrogens with one attached hydrogen (secondary N) is 2. The lowest BCUT2D eigenvalue weighted by molar-refractivity contribution is 0.588. The summed E-state index contributed by atoms with van der Waals surface area (Å²) in [5, 5.41) is 3.07. The van der Waals surface area contributed by atoms with E-state index in [1.54, 1.807) is 18.2 Å². The Balaban J connectivity index is 2.47. The standard InChI is InChI=1S/C11H10Cl2N4O2S/c1-14-20(18,19)9-5-3-2-4-8(9)16-10-7(12)6-15-11(13)17-10/h2-6,14H,1H3,(H,15,16,17). The van der Waals surface area contributed by atoms with Crippen LogP contribution >= 0.6 is 23.2 Å². The van der Waals surface area contributed by atoms with Crippen molar-refractivity contribution in [1.29, 1.82) is 0 Å². The van der Waals surface area contributed by atoms with E-state index in [2.05, 4.69) is 20.0 Å². The van der Waals surface area contributed by atoms with Crippen LogP contribution in [0.2, 0.25) is 10.3 Å². The molecule has 0 aliphatic heterocycles. The molecule has 0 saturated carbocycles. The number of benzene rings is 1. The molecule has 106 valence electrons. The van der Waals surface area contributed by atoms with Crippen LogP contribution in [0.15, 0.2) is 35.4 Å². The zero-order valence-electron chi connectivity index (χ0n) is 10.3. The zero-order chi connectivity index (χ0) is 14.8. The molecule has 6 nitrogen and oxygen atoms in total. The minimum absolute atomic E-state index is 0.00542. The van der Waals surface area contributed by atoms with E-state index in [0.29, 0.717) is 5.69 Å². The third-order valence-corrected chi connectivity index (χ3v) is 4.34. The van der Waals surface area contributed by atoms with Gasteiger partial charge in [-0.1, -0.05) is 23.7 Å². The topological polar surface area (TPSA) is 84.0 Å². The van der Waals surface area contributed by atoms with E-state index in [1.807, 2.05) is 0 Å². The van der Waals surface area contributed by atoms with Gasteiger partial charge in [0.2, 0.25) is 15.3 Å². The first-order valence-electron chi connectivity index (χ1n) is 5.41. The molecule has 0 unspecified atom stereocenters. The first-order valence-corrected chi connectivity index (χ1v) is 7.65. The minimum atomic E-state index is -3.60. The van der Waals surface area contributed by atoms with E-state index in [-0.39, 0.29) is 21.0 Å². The molecule has 1 aromatic carbocycles. The van der Waals surface area contributed by atoms with Crippen molar-refractivity contribution in [3.63, 3.8) is 0 Å². The van der Waals surface area contributed by atoms with Crippen LogP contribution in [0.5, 0.6) is 0 Å². The largest absolute Gasteiger partial charge is 0.338 e. The van der Waals surface area contributed by atoms with Gasteiger partial charge in [0.15, 0.2) is 5.82 Å². The SMILES string of the molecule is CNS(=O)(=O)c1ccccc1Nc1nc(Cl)ncc1Cl. The quantitative estimate of drug-likeness (QED) is 0.840. The molecule has 0 radical (unpaired) electrons. The third-order valence-electron chi connectivity index (χ3n) is 2.41. The second-order valence-corrected chi connectivity index (χ2v) is 6.26. The maximum atomic E-state index is 11.9. The van der Waals surface area contributed by atoms with Crippen LogP contribution in [0, 0.1) is 0 Å². The number of rotatable bonds is 4. The molecule has 0 saturated heterocycles. The van der Waals surface area contributed by atoms with Gasteiger partial charge in [0, 0.05) is 0 Å². The van der Waals surface area contributed by atoms with E-state index in [1.165, 1.54) is 19.3 Å². The van der Waals surface area contributed by atoms with Crippen molar-refractivity contribution in [3.8, 4) is 0 Å². The summed E-state index contributed by atoms with van der Waals surface area (Å²) in [5.41, 5.74) is 0.332. The van der Waals surface area contributed by atoms with E-state index in [9.17, 15) is 8.42 Å². The molecular weight excluding hydrogens is 323 g/mol. The molecule has 9 heteroatoms. The van der Waals surface area contributed by atoms with Crippen molar-refractivity contribution in [1.82, 2.24) is 14.7 Å². The second-order valence-electron chi connectivity index (χ2n) is 3.66. The fraction of sp³-hybridized carbons (Fsp3) is 0.0909. The number of sulfonamides is 1. The maximum absolute atomic E-state index is 11.9. The number of halogens is 2. The van der Waals surface area contributed by atoms with Crippen molar-refractivity contribution < 1.29 is 8.42 Å². The Labute approximate surface area is 126 Å². The monoisotopic (exact) mass is 332 g/mol. The first-order chi connectivity index (χ1) is 9.44. The number of hydrogen-bond donors (Lipinski definition) is 2. The Hall–Kier alpha value is -1.41. The highest BCUT2D eigenvalue weighted by molar-refractivity contribution is 7.89. The van der Waals surface area contributed by atoms with Gasteiger partial charge in [-0.15, -0.1) is 0 Å². The summed E-state index contributed by atoms with van der Waals surface area (Å²) in [6, 6.07) is 6.36. The van der Waals surface area contributed by atoms with Crippen LogP contribution in [-0.2, 0) is 10.0 Å². The van der Waals surface area contributed by atoms with E-state index >= 15 is 0 Å². The average Bonchev–Trinajstić information content (AvgIpc) is 2.43. The van der Waals surface area contributed by atoms with Crippen LogP contribution in [0.1, 0.15) is 0 Å². The maximum Gasteiger partial charge on any atom is 0.242 e. The van der Waals surface area contributed by atoms with Gasteiger partial charge in [-0.2, -0.15) is 4.98 Å². The van der Waals surface area contributed by atoms with Crippen LogP contribution in [0.4, 0.5) is 11.5 Å². The van der Waals surface area contributed by atoms with Crippen LogP contribution < -0.4 is 10.0 Å². The summed E-state index contributed by atoms with van der Waals surface area (Å²) in [5.74, 6) is 0.227. The number of anilines is 2. The predicted molar refractivity (Wildman–Crippen MR) is 78.0 cm³/mol. The van der Waals surface area contributed by atoms with Gasteiger partial charge in [0.25, 0.3) is 0 Å². The molecule has 0 amide bonds. The van der Waals surface area contributed by atoms with Gasteiger partial charge in [-0.25, -0.2) is 18.1 Å². The van der Waals surface area contributed by atoms with Crippen molar-refractivity contribution in [2.24, 2.45) is 0 Å². The lowest BCUT2D eigenvalue weighted by Crippen LogP contribution is -2.19. The summed E-state index contributed by atoms with van der Waals surface area (Å²) in [7, 11) is -2.27. The molecule has 1 heterocycles. The molecule has 2 N–H and O–H groups in total. The molecule has 1 aromatic heterocycles. The second kappa shape index (κ2) is 5.92. The predicted octanol–water partition coefficient (Wildman–Crippen LogP) is 2.44. The highest BCUT2D eigenvalue weighted by Crippen LogP contribution is 2.27. The van der Waals surface area contributed by atoms with Crippen molar-refractivity contribution in [3.05, 3.63) is 40.8 Å². The lowest BCUT2D eigenvalue weighted by atomic mass is 10.3. The molecule has 0 atom stereocenters. The average molecular weight is 333 g/mol. The molecular formula is C11H10Cl2N4O2S. The Morgan fingerprint density at radius 1 is 1.20 bits per heavy atom. The molecule has 0 fully saturated rings. The zero-order valence-corrected chi connectivity index (χ0v) is 12.6. The number of aromatic nitrogens is 2. The smallest absolute Gasteiger partial charge is 0.242 e. The summed E-state index contributed by atoms with van der Waals surface area (Å²) < 4.78 is 26.1. The van der Waals surface area contributed by atoms with Crippen molar-refractivity contribution >= 4 is 44.7 Å². The van der Waals surface area contributed by atoms with Gasteiger partial charge in [0.1, 0.15) is 9.92 Å². The summed E-state index contributed by atoms with van der Waals surface area (Å²) in [6.45, 7) is 0. The van der Waals surface area contributed by atoms with E-state index in [0.717, 1.165) is 0 Å². The summed E-state index contributed by atoms with van der Waals surface area (Å²) in [4.78, 5) is 7.71. The lowest BCUT2D eigenvalue weighted by Gasteiger charge is -2.12. The fourth-order valence-electron chi connectivity index (χ4n) is 1.48. The van der Waals surface area contributed by atoms with Crippen LogP contribution in [0.25, 0.3) is 0 Å². The Morgan fingerprint density at radius 2 is 1.90 bits per heavy atom. The third kappa shape index (κ3) is 3.18. The highest BCUT2D eigenvalue weighted by Gasteiger charge is 2.17. The van der Waals surface area contributed by atoms with Gasteiger partial charge in [-0.3, -0.25) is 0 Å². The van der Waals surface area contributed by atoms with Gasteiger partial charge < -0.3 is 5.32 Å². The van der Waals surface area contributed by atoms with Gasteiger partial charge in [-0.05, 0) is 30.8 Å². The Kier molecular flexibility index (Phi) is 4.44. The van der Waals surface area contributed by atoms with Crippen molar-refractivity contribution in [2.45, 2.75) is 4.90 Å². The van der Waals surface area contributed by atoms with E-state index < -0.39 is 10.0 Å². The van der Waals surface area contributed by atoms with E-state index in [4.69, 9.17) is 23.2 Å². The van der Waals surface area contributed by atoms with Gasteiger partial charge in [0.05, 0.1) is 11.9 Å². The molecule has 20 heavy (non-hydrogen) atoms. The summed E-state index contributed by atoms with van der Waals surface area (Å²) >= 11 is 11.6. The fourth-order valence-corrected chi connectivity index (χ4v) is 2.63. The molecule has 0 aliphatic carbocycles. The number of hydrogen-bond acceptors (Lipinski definition) is 5. The summed E-state index contributed by atoms with van der Waals surface area (Å²) in [6.07, 6.45) is 1.33. The van der Waals surface area contributed by atoms with Gasteiger partial charge >= 0.3 is 0 Å². The Morgan fingerprint density at radius 3 is 2.60 bits per heavy atom. The normalized spacial score (nSPS) is 11.3. The molecule has 2 aromatic rings. The Bertz CT molecular complexity index is 737. The molecule has 0 spiro atoms. The number of para-hydroxylation sites is 1. The minimum Gasteiger partial charge on any atom is -0.338 e. The molecule has 0 aliphatic rings.